The Hall–Kier alpha value is -0.750. The van der Waals surface area contributed by atoms with Crippen LogP contribution < -0.4 is 0 Å². The fraction of sp³-hybridized carbons (Fsp3) is 0.818. The molecular weight excluding hydrogens is 164 g/mol. The van der Waals surface area contributed by atoms with E-state index in [1.807, 2.05) is 0 Å². The van der Waals surface area contributed by atoms with E-state index in [9.17, 15) is 4.79 Å². The van der Waals surface area contributed by atoms with Crippen LogP contribution in [-0.2, 0) is 9.53 Å². The van der Waals surface area contributed by atoms with Gasteiger partial charge in [-0.2, -0.15) is 0 Å². The van der Waals surface area contributed by atoms with Gasteiger partial charge in [0, 0.05) is 0 Å². The summed E-state index contributed by atoms with van der Waals surface area (Å²) in [6, 6.07) is 0. The molecule has 0 spiro atoms. The first kappa shape index (κ1) is 10.3. The third-order valence-corrected chi connectivity index (χ3v) is 3.00. The molecule has 74 valence electrons. The van der Waals surface area contributed by atoms with Crippen molar-refractivity contribution in [3.8, 4) is 0 Å². The summed E-state index contributed by atoms with van der Waals surface area (Å²) in [7, 11) is 0. The minimum Gasteiger partial charge on any atom is -0.484 e. The molecule has 0 aromatic carbocycles. The van der Waals surface area contributed by atoms with Crippen molar-refractivity contribution in [3.05, 3.63) is 6.26 Å². The summed E-state index contributed by atoms with van der Waals surface area (Å²) in [6.45, 7) is 4.10. The highest BCUT2D eigenvalue weighted by Gasteiger charge is 2.31. The Labute approximate surface area is 80.0 Å². The molecule has 1 rings (SSSR count). The van der Waals surface area contributed by atoms with Gasteiger partial charge < -0.3 is 4.74 Å². The van der Waals surface area contributed by atoms with Crippen LogP contribution in [0.15, 0.2) is 6.26 Å². The highest BCUT2D eigenvalue weighted by molar-refractivity contribution is 5.42. The predicted octanol–water partition coefficient (Wildman–Crippen LogP) is 2.71. The van der Waals surface area contributed by atoms with E-state index in [0.717, 1.165) is 6.26 Å². The van der Waals surface area contributed by atoms with Crippen LogP contribution >= 0.6 is 0 Å². The summed E-state index contributed by atoms with van der Waals surface area (Å²) in [5, 5.41) is 0. The first-order chi connectivity index (χ1) is 6.17. The van der Waals surface area contributed by atoms with Crippen LogP contribution in [0.25, 0.3) is 0 Å². The standard InChI is InChI=1S/C11H18O2/c1-11(2,13-9-8-12)10-6-4-3-5-7-10/h9-10H,3-7H2,1-2H3. The zero-order valence-corrected chi connectivity index (χ0v) is 8.51. The highest BCUT2D eigenvalue weighted by atomic mass is 16.5. The third kappa shape index (κ3) is 2.89. The lowest BCUT2D eigenvalue weighted by Gasteiger charge is -2.35. The number of ether oxygens (including phenoxy) is 1. The molecule has 1 aliphatic rings. The van der Waals surface area contributed by atoms with Crippen LogP contribution in [0.2, 0.25) is 0 Å². The van der Waals surface area contributed by atoms with Crippen LogP contribution in [-0.4, -0.2) is 11.5 Å². The Morgan fingerprint density at radius 3 is 2.46 bits per heavy atom. The molecule has 1 saturated carbocycles. The Balaban J connectivity index is 2.50. The lowest BCUT2D eigenvalue weighted by Crippen LogP contribution is -2.34. The topological polar surface area (TPSA) is 26.3 Å². The lowest BCUT2D eigenvalue weighted by molar-refractivity contribution is -0.0122. The molecule has 0 unspecified atom stereocenters. The van der Waals surface area contributed by atoms with Gasteiger partial charge in [0.1, 0.15) is 5.60 Å². The fourth-order valence-electron chi connectivity index (χ4n) is 2.07. The van der Waals surface area contributed by atoms with E-state index in [4.69, 9.17) is 4.74 Å². The molecule has 2 heteroatoms. The maximum absolute atomic E-state index is 10.0. The maximum Gasteiger partial charge on any atom is 0.167 e. The van der Waals surface area contributed by atoms with Crippen molar-refractivity contribution in [1.29, 1.82) is 0 Å². The van der Waals surface area contributed by atoms with Gasteiger partial charge in [-0.25, -0.2) is 4.79 Å². The van der Waals surface area contributed by atoms with Gasteiger partial charge in [-0.1, -0.05) is 19.3 Å². The van der Waals surface area contributed by atoms with Crippen molar-refractivity contribution in [1.82, 2.24) is 0 Å². The zero-order valence-electron chi connectivity index (χ0n) is 8.51. The zero-order chi connectivity index (χ0) is 9.73. The minimum absolute atomic E-state index is 0.197. The van der Waals surface area contributed by atoms with E-state index in [-0.39, 0.29) is 5.60 Å². The van der Waals surface area contributed by atoms with E-state index < -0.39 is 0 Å². The third-order valence-electron chi connectivity index (χ3n) is 3.00. The molecule has 0 radical (unpaired) electrons. The lowest BCUT2D eigenvalue weighted by atomic mass is 9.79. The molecule has 1 aliphatic carbocycles. The second-order valence-electron chi connectivity index (χ2n) is 4.29. The molecule has 1 fully saturated rings. The number of hydrogen-bond donors (Lipinski definition) is 0. The summed E-state index contributed by atoms with van der Waals surface area (Å²) in [5.74, 6) is 2.25. The first-order valence-electron chi connectivity index (χ1n) is 5.04. The van der Waals surface area contributed by atoms with Crippen LogP contribution in [0.3, 0.4) is 0 Å². The molecule has 0 saturated heterocycles. The van der Waals surface area contributed by atoms with Crippen molar-refractivity contribution in [3.63, 3.8) is 0 Å². The summed E-state index contributed by atoms with van der Waals surface area (Å²) in [6.07, 6.45) is 7.52. The Morgan fingerprint density at radius 2 is 1.92 bits per heavy atom. The second-order valence-corrected chi connectivity index (χ2v) is 4.29. The normalized spacial score (nSPS) is 19.2. The Kier molecular flexibility index (Phi) is 3.56. The van der Waals surface area contributed by atoms with E-state index in [1.165, 1.54) is 32.1 Å². The number of carbonyl (C=O) groups excluding carboxylic acids is 1. The minimum atomic E-state index is -0.197. The molecule has 0 aromatic rings. The van der Waals surface area contributed by atoms with Gasteiger partial charge in [0.25, 0.3) is 0 Å². The summed E-state index contributed by atoms with van der Waals surface area (Å²) in [5.41, 5.74) is -0.197. The first-order valence-corrected chi connectivity index (χ1v) is 5.04. The molecule has 0 amide bonds. The van der Waals surface area contributed by atoms with Crippen LogP contribution in [0.1, 0.15) is 46.0 Å². The smallest absolute Gasteiger partial charge is 0.167 e. The number of hydrogen-bond acceptors (Lipinski definition) is 2. The van der Waals surface area contributed by atoms with Crippen LogP contribution in [0.5, 0.6) is 0 Å². The predicted molar refractivity (Wildman–Crippen MR) is 52.0 cm³/mol. The van der Waals surface area contributed by atoms with Crippen molar-refractivity contribution in [2.45, 2.75) is 51.6 Å². The van der Waals surface area contributed by atoms with Gasteiger partial charge in [-0.15, -0.1) is 0 Å². The molecule has 0 atom stereocenters. The molecule has 0 aliphatic heterocycles. The highest BCUT2D eigenvalue weighted by Crippen LogP contribution is 2.34. The van der Waals surface area contributed by atoms with E-state index >= 15 is 0 Å². The van der Waals surface area contributed by atoms with Gasteiger partial charge in [-0.3, -0.25) is 0 Å². The van der Waals surface area contributed by atoms with Gasteiger partial charge in [-0.05, 0) is 32.6 Å². The summed E-state index contributed by atoms with van der Waals surface area (Å²) >= 11 is 0. The fourth-order valence-corrected chi connectivity index (χ4v) is 2.07. The van der Waals surface area contributed by atoms with Crippen molar-refractivity contribution in [2.75, 3.05) is 0 Å². The maximum atomic E-state index is 10.0. The van der Waals surface area contributed by atoms with E-state index in [0.29, 0.717) is 5.92 Å². The van der Waals surface area contributed by atoms with Crippen LogP contribution in [0.4, 0.5) is 0 Å². The average molecular weight is 182 g/mol. The second kappa shape index (κ2) is 4.48. The molecule has 2 nitrogen and oxygen atoms in total. The summed E-state index contributed by atoms with van der Waals surface area (Å²) < 4.78 is 5.37. The monoisotopic (exact) mass is 182 g/mol. The Morgan fingerprint density at radius 1 is 1.31 bits per heavy atom. The largest absolute Gasteiger partial charge is 0.484 e. The summed E-state index contributed by atoms with van der Waals surface area (Å²) in [4.78, 5) is 10.0. The average Bonchev–Trinajstić information content (AvgIpc) is 2.16. The van der Waals surface area contributed by atoms with Crippen molar-refractivity contribution in [2.24, 2.45) is 5.92 Å². The van der Waals surface area contributed by atoms with E-state index in [2.05, 4.69) is 13.8 Å². The molecule has 0 N–H and O–H groups in total. The molecule has 0 heterocycles. The molecule has 0 bridgehead atoms. The van der Waals surface area contributed by atoms with Gasteiger partial charge in [0.05, 0.1) is 0 Å². The van der Waals surface area contributed by atoms with Gasteiger partial charge in [0.2, 0.25) is 0 Å². The molecule has 13 heavy (non-hydrogen) atoms. The SMILES string of the molecule is CC(C)(OC=C=O)C1CCCCC1. The molecule has 0 aromatic heterocycles. The molecular formula is C11H18O2. The van der Waals surface area contributed by atoms with Gasteiger partial charge in [0.15, 0.2) is 12.2 Å². The van der Waals surface area contributed by atoms with Crippen molar-refractivity contribution < 1.29 is 9.53 Å². The van der Waals surface area contributed by atoms with E-state index in [1.54, 1.807) is 5.94 Å². The number of rotatable bonds is 3. The van der Waals surface area contributed by atoms with Crippen molar-refractivity contribution >= 4 is 5.94 Å². The van der Waals surface area contributed by atoms with Crippen LogP contribution in [0, 0.1) is 5.92 Å². The quantitative estimate of drug-likeness (QED) is 0.495. The Bertz CT molecular complexity index is 196. The van der Waals surface area contributed by atoms with Gasteiger partial charge >= 0.3 is 0 Å².